The van der Waals surface area contributed by atoms with E-state index in [9.17, 15) is 13.2 Å². The molecule has 21 heavy (non-hydrogen) atoms. The lowest BCUT2D eigenvalue weighted by molar-refractivity contribution is -0.141. The van der Waals surface area contributed by atoms with E-state index in [2.05, 4.69) is 22.2 Å². The minimum Gasteiger partial charge on any atom is -0.478 e. The third-order valence-corrected chi connectivity index (χ3v) is 2.83. The summed E-state index contributed by atoms with van der Waals surface area (Å²) >= 11 is 0. The second kappa shape index (κ2) is 8.69. The van der Waals surface area contributed by atoms with E-state index >= 15 is 0 Å². The highest BCUT2D eigenvalue weighted by Crippen LogP contribution is 2.30. The van der Waals surface area contributed by atoms with Crippen molar-refractivity contribution in [2.45, 2.75) is 52.1 Å². The Morgan fingerprint density at radius 3 is 2.43 bits per heavy atom. The Morgan fingerprint density at radius 1 is 1.10 bits per heavy atom. The molecular weight excluding hydrogens is 283 g/mol. The molecule has 7 heteroatoms. The van der Waals surface area contributed by atoms with Crippen molar-refractivity contribution >= 4 is 5.95 Å². The van der Waals surface area contributed by atoms with Crippen molar-refractivity contribution in [3.63, 3.8) is 0 Å². The van der Waals surface area contributed by atoms with Gasteiger partial charge in [0.2, 0.25) is 11.8 Å². The first kappa shape index (κ1) is 17.5. The molecule has 0 saturated heterocycles. The Morgan fingerprint density at radius 2 is 1.81 bits per heavy atom. The predicted octanol–water partition coefficient (Wildman–Crippen LogP) is 4.28. The van der Waals surface area contributed by atoms with Crippen LogP contribution in [0.15, 0.2) is 6.07 Å². The normalized spacial score (nSPS) is 11.5. The van der Waals surface area contributed by atoms with Crippen LogP contribution in [-0.2, 0) is 6.18 Å². The van der Waals surface area contributed by atoms with Gasteiger partial charge in [-0.15, -0.1) is 0 Å². The van der Waals surface area contributed by atoms with E-state index in [1.54, 1.807) is 6.92 Å². The quantitative estimate of drug-likeness (QED) is 0.692. The van der Waals surface area contributed by atoms with Crippen molar-refractivity contribution in [2.75, 3.05) is 18.5 Å². The third-order valence-electron chi connectivity index (χ3n) is 2.83. The van der Waals surface area contributed by atoms with E-state index in [-0.39, 0.29) is 11.8 Å². The van der Waals surface area contributed by atoms with E-state index in [0.29, 0.717) is 13.2 Å². The second-order valence-electron chi connectivity index (χ2n) is 4.71. The largest absolute Gasteiger partial charge is 0.478 e. The number of hydrogen-bond acceptors (Lipinski definition) is 4. The van der Waals surface area contributed by atoms with Crippen LogP contribution in [0.4, 0.5) is 19.1 Å². The Bertz CT molecular complexity index is 424. The predicted molar refractivity (Wildman–Crippen MR) is 75.5 cm³/mol. The Balaban J connectivity index is 2.61. The van der Waals surface area contributed by atoms with Crippen molar-refractivity contribution in [3.8, 4) is 5.88 Å². The summed E-state index contributed by atoms with van der Waals surface area (Å²) in [4.78, 5) is 7.36. The van der Waals surface area contributed by atoms with Gasteiger partial charge >= 0.3 is 6.18 Å². The monoisotopic (exact) mass is 305 g/mol. The number of aromatic nitrogens is 2. The van der Waals surface area contributed by atoms with Crippen molar-refractivity contribution in [2.24, 2.45) is 0 Å². The molecule has 0 amide bonds. The van der Waals surface area contributed by atoms with Crippen LogP contribution in [0.3, 0.4) is 0 Å². The molecule has 0 bridgehead atoms. The molecule has 120 valence electrons. The fourth-order valence-electron chi connectivity index (χ4n) is 1.76. The average molecular weight is 305 g/mol. The Hall–Kier alpha value is -1.53. The van der Waals surface area contributed by atoms with Gasteiger partial charge in [0.25, 0.3) is 0 Å². The van der Waals surface area contributed by atoms with Gasteiger partial charge in [-0.3, -0.25) is 0 Å². The van der Waals surface area contributed by atoms with Crippen molar-refractivity contribution < 1.29 is 17.9 Å². The van der Waals surface area contributed by atoms with E-state index in [0.717, 1.165) is 38.2 Å². The number of ether oxygens (including phenoxy) is 1. The zero-order chi connectivity index (χ0) is 15.7. The van der Waals surface area contributed by atoms with Crippen LogP contribution in [0.1, 0.15) is 51.6 Å². The summed E-state index contributed by atoms with van der Waals surface area (Å²) in [5, 5.41) is 2.68. The topological polar surface area (TPSA) is 47.0 Å². The molecule has 0 aliphatic rings. The highest BCUT2D eigenvalue weighted by Gasteiger charge is 2.34. The zero-order valence-corrected chi connectivity index (χ0v) is 12.5. The van der Waals surface area contributed by atoms with Gasteiger partial charge in [-0.25, -0.2) is 4.98 Å². The molecule has 0 saturated carbocycles. The van der Waals surface area contributed by atoms with Gasteiger partial charge in [0, 0.05) is 12.6 Å². The molecule has 0 spiro atoms. The van der Waals surface area contributed by atoms with Crippen LogP contribution < -0.4 is 10.1 Å². The molecule has 0 aliphatic carbocycles. The maximum atomic E-state index is 12.7. The Kier molecular flexibility index (Phi) is 7.25. The van der Waals surface area contributed by atoms with Crippen LogP contribution in [0.2, 0.25) is 0 Å². The first-order chi connectivity index (χ1) is 9.97. The van der Waals surface area contributed by atoms with Gasteiger partial charge in [0.1, 0.15) is 0 Å². The highest BCUT2D eigenvalue weighted by molar-refractivity contribution is 5.31. The van der Waals surface area contributed by atoms with Gasteiger partial charge in [-0.1, -0.05) is 32.6 Å². The lowest BCUT2D eigenvalue weighted by atomic mass is 10.2. The maximum absolute atomic E-state index is 12.7. The van der Waals surface area contributed by atoms with Crippen molar-refractivity contribution in [3.05, 3.63) is 11.8 Å². The number of unbranched alkanes of at least 4 members (excludes halogenated alkanes) is 4. The molecule has 1 aromatic rings. The molecule has 1 heterocycles. The van der Waals surface area contributed by atoms with Gasteiger partial charge in [0.15, 0.2) is 5.69 Å². The summed E-state index contributed by atoms with van der Waals surface area (Å²) in [6.45, 7) is 4.69. The summed E-state index contributed by atoms with van der Waals surface area (Å²) in [7, 11) is 0. The van der Waals surface area contributed by atoms with Crippen LogP contribution in [-0.4, -0.2) is 23.1 Å². The highest BCUT2D eigenvalue weighted by atomic mass is 19.4. The van der Waals surface area contributed by atoms with Crippen LogP contribution in [0.5, 0.6) is 5.88 Å². The number of nitrogens with zero attached hydrogens (tertiary/aromatic N) is 2. The van der Waals surface area contributed by atoms with Gasteiger partial charge in [-0.05, 0) is 13.3 Å². The van der Waals surface area contributed by atoms with E-state index in [1.165, 1.54) is 0 Å². The number of anilines is 1. The van der Waals surface area contributed by atoms with Crippen LogP contribution in [0, 0.1) is 0 Å². The van der Waals surface area contributed by atoms with Crippen molar-refractivity contribution in [1.82, 2.24) is 9.97 Å². The molecule has 4 nitrogen and oxygen atoms in total. The molecule has 0 atom stereocenters. The van der Waals surface area contributed by atoms with Crippen molar-refractivity contribution in [1.29, 1.82) is 0 Å². The van der Waals surface area contributed by atoms with E-state index < -0.39 is 11.9 Å². The standard InChI is InChI=1S/C14H22F3N3O/c1-3-5-6-7-8-9-21-12-10-11(14(15,16)17)19-13(20-12)18-4-2/h10H,3-9H2,1-2H3,(H,18,19,20). The van der Waals surface area contributed by atoms with Crippen LogP contribution in [0.25, 0.3) is 0 Å². The smallest absolute Gasteiger partial charge is 0.433 e. The zero-order valence-electron chi connectivity index (χ0n) is 12.5. The summed E-state index contributed by atoms with van der Waals surface area (Å²) in [5.41, 5.74) is -0.991. The molecule has 0 radical (unpaired) electrons. The minimum absolute atomic E-state index is 0.0382. The fraction of sp³-hybridized carbons (Fsp3) is 0.714. The fourth-order valence-corrected chi connectivity index (χ4v) is 1.76. The van der Waals surface area contributed by atoms with Gasteiger partial charge < -0.3 is 10.1 Å². The molecular formula is C14H22F3N3O. The molecule has 0 aromatic carbocycles. The first-order valence-corrected chi connectivity index (χ1v) is 7.30. The SMILES string of the molecule is CCCCCCCOc1cc(C(F)(F)F)nc(NCC)n1. The van der Waals surface area contributed by atoms with Gasteiger partial charge in [-0.2, -0.15) is 18.2 Å². The van der Waals surface area contributed by atoms with E-state index in [4.69, 9.17) is 4.74 Å². The molecule has 1 rings (SSSR count). The number of rotatable bonds is 9. The summed E-state index contributed by atoms with van der Waals surface area (Å²) in [5.74, 6) is -0.0999. The molecule has 1 aromatic heterocycles. The maximum Gasteiger partial charge on any atom is 0.433 e. The minimum atomic E-state index is -4.51. The first-order valence-electron chi connectivity index (χ1n) is 7.30. The lowest BCUT2D eigenvalue weighted by Gasteiger charge is -2.11. The molecule has 0 aliphatic heterocycles. The third kappa shape index (κ3) is 6.64. The number of hydrogen-bond donors (Lipinski definition) is 1. The van der Waals surface area contributed by atoms with E-state index in [1.807, 2.05) is 0 Å². The number of alkyl halides is 3. The molecule has 0 unspecified atom stereocenters. The van der Waals surface area contributed by atoms with Crippen LogP contribution >= 0.6 is 0 Å². The number of halogens is 3. The molecule has 0 fully saturated rings. The summed E-state index contributed by atoms with van der Waals surface area (Å²) in [6.07, 6.45) is 0.726. The average Bonchev–Trinajstić information content (AvgIpc) is 2.42. The summed E-state index contributed by atoms with van der Waals surface area (Å²) in [6, 6.07) is 0.840. The molecule has 1 N–H and O–H groups in total. The number of nitrogens with one attached hydrogen (secondary N) is 1. The lowest BCUT2D eigenvalue weighted by Crippen LogP contribution is -2.13. The second-order valence-corrected chi connectivity index (χ2v) is 4.71. The Labute approximate surface area is 123 Å². The summed E-state index contributed by atoms with van der Waals surface area (Å²) < 4.78 is 43.5. The van der Waals surface area contributed by atoms with Gasteiger partial charge in [0.05, 0.1) is 6.61 Å².